The number of rotatable bonds is 8. The van der Waals surface area contributed by atoms with Crippen LogP contribution < -0.4 is 5.32 Å². The SMILES string of the molecule is CCCCC(CC)CNc1cc(C(=O)O)c(Cl)cn1. The molecule has 5 heteroatoms. The van der Waals surface area contributed by atoms with Crippen molar-refractivity contribution in [3.63, 3.8) is 0 Å². The number of hydrogen-bond donors (Lipinski definition) is 2. The Morgan fingerprint density at radius 2 is 2.26 bits per heavy atom. The fourth-order valence-corrected chi connectivity index (χ4v) is 2.08. The van der Waals surface area contributed by atoms with Crippen LogP contribution in [0.15, 0.2) is 12.3 Å². The van der Waals surface area contributed by atoms with Crippen molar-refractivity contribution in [3.05, 3.63) is 22.8 Å². The Balaban J connectivity index is 2.61. The van der Waals surface area contributed by atoms with Gasteiger partial charge < -0.3 is 10.4 Å². The van der Waals surface area contributed by atoms with E-state index in [1.54, 1.807) is 0 Å². The molecule has 0 spiro atoms. The summed E-state index contributed by atoms with van der Waals surface area (Å²) in [5, 5.41) is 12.3. The Morgan fingerprint density at radius 1 is 1.53 bits per heavy atom. The van der Waals surface area contributed by atoms with Crippen LogP contribution >= 0.6 is 11.6 Å². The van der Waals surface area contributed by atoms with Crippen LogP contribution in [0.1, 0.15) is 49.9 Å². The molecule has 1 aromatic rings. The quantitative estimate of drug-likeness (QED) is 0.755. The number of carbonyl (C=O) groups is 1. The van der Waals surface area contributed by atoms with Crippen LogP contribution in [0.4, 0.5) is 5.82 Å². The first kappa shape index (κ1) is 15.8. The highest BCUT2D eigenvalue weighted by Crippen LogP contribution is 2.19. The lowest BCUT2D eigenvalue weighted by atomic mass is 9.99. The molecule has 1 rings (SSSR count). The number of nitrogens with zero attached hydrogens (tertiary/aromatic N) is 1. The molecule has 0 aliphatic rings. The minimum absolute atomic E-state index is 0.0840. The number of pyridine rings is 1. The summed E-state index contributed by atoms with van der Waals surface area (Å²) in [7, 11) is 0. The maximum Gasteiger partial charge on any atom is 0.337 e. The van der Waals surface area contributed by atoms with Crippen molar-refractivity contribution >= 4 is 23.4 Å². The summed E-state index contributed by atoms with van der Waals surface area (Å²) in [5.74, 6) is 0.121. The zero-order valence-electron chi connectivity index (χ0n) is 11.4. The largest absolute Gasteiger partial charge is 0.478 e. The molecule has 1 heterocycles. The summed E-state index contributed by atoms with van der Waals surface area (Å²) in [6.45, 7) is 5.16. The average Bonchev–Trinajstić information content (AvgIpc) is 2.40. The van der Waals surface area contributed by atoms with E-state index in [2.05, 4.69) is 24.1 Å². The van der Waals surface area contributed by atoms with Crippen molar-refractivity contribution in [2.45, 2.75) is 39.5 Å². The summed E-state index contributed by atoms with van der Waals surface area (Å²) >= 11 is 5.78. The van der Waals surface area contributed by atoms with E-state index in [4.69, 9.17) is 16.7 Å². The molecule has 0 bridgehead atoms. The van der Waals surface area contributed by atoms with E-state index >= 15 is 0 Å². The molecule has 0 saturated carbocycles. The van der Waals surface area contributed by atoms with Gasteiger partial charge in [-0.25, -0.2) is 9.78 Å². The average molecular weight is 285 g/mol. The molecule has 0 amide bonds. The number of carboxylic acid groups (broad SMARTS) is 1. The Labute approximate surface area is 119 Å². The lowest BCUT2D eigenvalue weighted by Crippen LogP contribution is -2.15. The van der Waals surface area contributed by atoms with Crippen LogP contribution in [-0.4, -0.2) is 22.6 Å². The van der Waals surface area contributed by atoms with Crippen LogP contribution in [0.2, 0.25) is 5.02 Å². The minimum atomic E-state index is -1.03. The number of aromatic nitrogens is 1. The van der Waals surface area contributed by atoms with E-state index in [0.29, 0.717) is 11.7 Å². The third-order valence-electron chi connectivity index (χ3n) is 3.20. The van der Waals surface area contributed by atoms with Gasteiger partial charge in [-0.1, -0.05) is 44.7 Å². The first-order chi connectivity index (χ1) is 9.08. The number of anilines is 1. The van der Waals surface area contributed by atoms with E-state index in [1.165, 1.54) is 31.5 Å². The molecule has 0 radical (unpaired) electrons. The number of hydrogen-bond acceptors (Lipinski definition) is 3. The van der Waals surface area contributed by atoms with E-state index in [1.807, 2.05) is 0 Å². The molecule has 4 nitrogen and oxygen atoms in total. The Bertz CT molecular complexity index is 424. The van der Waals surface area contributed by atoms with E-state index in [9.17, 15) is 4.79 Å². The monoisotopic (exact) mass is 284 g/mol. The standard InChI is InChI=1S/C14H21ClN2O2/c1-3-5-6-10(4-2)8-16-13-7-11(14(18)19)12(15)9-17-13/h7,9-10H,3-6,8H2,1-2H3,(H,16,17)(H,18,19). The second kappa shape index (κ2) is 8.00. The molecule has 106 valence electrons. The second-order valence-corrected chi connectivity index (χ2v) is 5.06. The molecule has 0 aliphatic carbocycles. The van der Waals surface area contributed by atoms with Gasteiger partial charge in [0, 0.05) is 12.7 Å². The third kappa shape index (κ3) is 5.07. The number of unbranched alkanes of at least 4 members (excludes halogenated alkanes) is 1. The van der Waals surface area contributed by atoms with Gasteiger partial charge in [-0.05, 0) is 18.4 Å². The molecule has 2 N–H and O–H groups in total. The van der Waals surface area contributed by atoms with Gasteiger partial charge in [-0.15, -0.1) is 0 Å². The maximum absolute atomic E-state index is 11.0. The van der Waals surface area contributed by atoms with Crippen molar-refractivity contribution in [1.82, 2.24) is 4.98 Å². The van der Waals surface area contributed by atoms with Gasteiger partial charge in [0.1, 0.15) is 5.82 Å². The highest BCUT2D eigenvalue weighted by atomic mass is 35.5. The Kier molecular flexibility index (Phi) is 6.64. The molecule has 19 heavy (non-hydrogen) atoms. The van der Waals surface area contributed by atoms with Crippen molar-refractivity contribution in [3.8, 4) is 0 Å². The van der Waals surface area contributed by atoms with Crippen LogP contribution in [0.3, 0.4) is 0 Å². The highest BCUT2D eigenvalue weighted by Gasteiger charge is 2.11. The summed E-state index contributed by atoms with van der Waals surface area (Å²) in [5.41, 5.74) is 0.0840. The number of aromatic carboxylic acids is 1. The van der Waals surface area contributed by atoms with Crippen molar-refractivity contribution < 1.29 is 9.90 Å². The van der Waals surface area contributed by atoms with Gasteiger partial charge >= 0.3 is 5.97 Å². The Morgan fingerprint density at radius 3 is 2.84 bits per heavy atom. The van der Waals surface area contributed by atoms with Gasteiger partial charge in [-0.3, -0.25) is 0 Å². The van der Waals surface area contributed by atoms with Gasteiger partial charge in [0.15, 0.2) is 0 Å². The van der Waals surface area contributed by atoms with Gasteiger partial charge in [0.2, 0.25) is 0 Å². The number of nitrogens with one attached hydrogen (secondary N) is 1. The summed E-state index contributed by atoms with van der Waals surface area (Å²) < 4.78 is 0. The van der Waals surface area contributed by atoms with Gasteiger partial charge in [-0.2, -0.15) is 0 Å². The topological polar surface area (TPSA) is 62.2 Å². The van der Waals surface area contributed by atoms with E-state index in [-0.39, 0.29) is 10.6 Å². The van der Waals surface area contributed by atoms with Crippen LogP contribution in [-0.2, 0) is 0 Å². The van der Waals surface area contributed by atoms with Gasteiger partial charge in [0.05, 0.1) is 10.6 Å². The smallest absolute Gasteiger partial charge is 0.337 e. The minimum Gasteiger partial charge on any atom is -0.478 e. The number of carboxylic acids is 1. The fourth-order valence-electron chi connectivity index (χ4n) is 1.89. The van der Waals surface area contributed by atoms with Crippen molar-refractivity contribution in [2.24, 2.45) is 5.92 Å². The molecule has 0 aliphatic heterocycles. The molecule has 1 unspecified atom stereocenters. The predicted molar refractivity (Wildman–Crippen MR) is 78.0 cm³/mol. The molecule has 0 aromatic carbocycles. The first-order valence-electron chi connectivity index (χ1n) is 6.71. The second-order valence-electron chi connectivity index (χ2n) is 4.65. The lowest BCUT2D eigenvalue weighted by Gasteiger charge is -2.15. The normalized spacial score (nSPS) is 12.2. The van der Waals surface area contributed by atoms with Gasteiger partial charge in [0.25, 0.3) is 0 Å². The Hall–Kier alpha value is -1.29. The molecule has 1 atom stereocenters. The van der Waals surface area contributed by atoms with Crippen LogP contribution in [0, 0.1) is 5.92 Å². The highest BCUT2D eigenvalue weighted by molar-refractivity contribution is 6.33. The van der Waals surface area contributed by atoms with Crippen molar-refractivity contribution in [2.75, 3.05) is 11.9 Å². The lowest BCUT2D eigenvalue weighted by molar-refractivity contribution is 0.0697. The van der Waals surface area contributed by atoms with Crippen molar-refractivity contribution in [1.29, 1.82) is 0 Å². The first-order valence-corrected chi connectivity index (χ1v) is 7.09. The van der Waals surface area contributed by atoms with Crippen LogP contribution in [0.25, 0.3) is 0 Å². The summed E-state index contributed by atoms with van der Waals surface area (Å²) in [6, 6.07) is 1.48. The predicted octanol–water partition coefficient (Wildman–Crippen LogP) is 4.06. The molecule has 0 saturated heterocycles. The zero-order chi connectivity index (χ0) is 14.3. The summed E-state index contributed by atoms with van der Waals surface area (Å²) in [6.07, 6.45) is 6.07. The summed E-state index contributed by atoms with van der Waals surface area (Å²) in [4.78, 5) is 15.1. The molecular formula is C14H21ClN2O2. The zero-order valence-corrected chi connectivity index (χ0v) is 12.2. The van der Waals surface area contributed by atoms with E-state index in [0.717, 1.165) is 13.0 Å². The molecule has 1 aromatic heterocycles. The maximum atomic E-state index is 11.0. The fraction of sp³-hybridized carbons (Fsp3) is 0.571. The number of halogens is 1. The molecular weight excluding hydrogens is 264 g/mol. The molecule has 0 fully saturated rings. The van der Waals surface area contributed by atoms with E-state index < -0.39 is 5.97 Å². The third-order valence-corrected chi connectivity index (χ3v) is 3.50. The van der Waals surface area contributed by atoms with Crippen LogP contribution in [0.5, 0.6) is 0 Å².